The molecule has 0 saturated carbocycles. The lowest BCUT2D eigenvalue weighted by molar-refractivity contribution is -0.115. The van der Waals surface area contributed by atoms with Gasteiger partial charge in [0, 0.05) is 0 Å². The molecule has 7 heteroatoms. The van der Waals surface area contributed by atoms with E-state index in [1.165, 1.54) is 17.8 Å². The number of amides is 1. The van der Waals surface area contributed by atoms with Crippen molar-refractivity contribution in [2.24, 2.45) is 0 Å². The first-order chi connectivity index (χ1) is 12.0. The van der Waals surface area contributed by atoms with Crippen LogP contribution in [0.25, 0.3) is 6.08 Å². The van der Waals surface area contributed by atoms with E-state index in [0.29, 0.717) is 15.0 Å². The Morgan fingerprint density at radius 2 is 2.04 bits per heavy atom. The minimum Gasteiger partial charge on any atom is -0.488 e. The van der Waals surface area contributed by atoms with Gasteiger partial charge in [-0.3, -0.25) is 4.79 Å². The van der Waals surface area contributed by atoms with Gasteiger partial charge in [-0.25, -0.2) is 4.79 Å². The van der Waals surface area contributed by atoms with Gasteiger partial charge in [-0.15, -0.1) is 0 Å². The normalized spacial score (nSPS) is 15.3. The molecule has 1 fully saturated rings. The predicted molar refractivity (Wildman–Crippen MR) is 100 cm³/mol. The fraction of sp³-hybridized carbons (Fsp3) is 0.0556. The number of rotatable bonds is 5. The monoisotopic (exact) mass is 371 g/mol. The molecule has 0 bridgehead atoms. The molecule has 0 aromatic heterocycles. The van der Waals surface area contributed by atoms with Gasteiger partial charge in [-0.1, -0.05) is 54.3 Å². The highest BCUT2D eigenvalue weighted by molar-refractivity contribution is 8.26. The molecular formula is C18H13NO4S2. The highest BCUT2D eigenvalue weighted by Crippen LogP contribution is 2.26. The largest absolute Gasteiger partial charge is 0.488 e. The van der Waals surface area contributed by atoms with Crippen LogP contribution in [-0.2, 0) is 11.4 Å². The SMILES string of the molecule is O=C1NC(=S)SC1=Cc1cccc(COc2ccccc2C(=O)O)c1. The van der Waals surface area contributed by atoms with Gasteiger partial charge >= 0.3 is 5.97 Å². The number of thiocarbonyl (C=S) groups is 1. The number of thioether (sulfide) groups is 1. The third-order valence-electron chi connectivity index (χ3n) is 3.40. The summed E-state index contributed by atoms with van der Waals surface area (Å²) in [4.78, 5) is 23.5. The van der Waals surface area contributed by atoms with E-state index in [1.807, 2.05) is 24.3 Å². The third-order valence-corrected chi connectivity index (χ3v) is 4.57. The van der Waals surface area contributed by atoms with Crippen molar-refractivity contribution < 1.29 is 19.4 Å². The summed E-state index contributed by atoms with van der Waals surface area (Å²) in [5.41, 5.74) is 1.82. The zero-order valence-electron chi connectivity index (χ0n) is 12.9. The molecule has 25 heavy (non-hydrogen) atoms. The predicted octanol–water partition coefficient (Wildman–Crippen LogP) is 3.45. The summed E-state index contributed by atoms with van der Waals surface area (Å²) < 4.78 is 6.09. The Kier molecular flexibility index (Phi) is 5.16. The number of ether oxygens (including phenoxy) is 1. The van der Waals surface area contributed by atoms with Crippen LogP contribution in [0.2, 0.25) is 0 Å². The van der Waals surface area contributed by atoms with Gasteiger partial charge in [0.1, 0.15) is 22.2 Å². The fourth-order valence-corrected chi connectivity index (χ4v) is 3.32. The lowest BCUT2D eigenvalue weighted by Crippen LogP contribution is -2.17. The average Bonchev–Trinajstić information content (AvgIpc) is 2.91. The lowest BCUT2D eigenvalue weighted by atomic mass is 10.1. The maximum atomic E-state index is 11.7. The number of carbonyl (C=O) groups excluding carboxylic acids is 1. The number of carboxylic acids is 1. The zero-order valence-corrected chi connectivity index (χ0v) is 14.5. The zero-order chi connectivity index (χ0) is 17.8. The Morgan fingerprint density at radius 1 is 1.24 bits per heavy atom. The number of para-hydroxylation sites is 1. The molecule has 126 valence electrons. The first kappa shape index (κ1) is 17.2. The number of hydrogen-bond donors (Lipinski definition) is 2. The third kappa shape index (κ3) is 4.26. The Bertz CT molecular complexity index is 892. The standard InChI is InChI=1S/C18H13NO4S2/c20-16-15(25-18(24)19-16)9-11-4-3-5-12(8-11)10-23-14-7-2-1-6-13(14)17(21)22/h1-9H,10H2,(H,21,22)(H,19,20,24). The molecule has 1 saturated heterocycles. The smallest absolute Gasteiger partial charge is 0.339 e. The van der Waals surface area contributed by atoms with Crippen LogP contribution in [0.4, 0.5) is 0 Å². The molecule has 1 aliphatic rings. The molecule has 0 spiro atoms. The topological polar surface area (TPSA) is 75.6 Å². The van der Waals surface area contributed by atoms with Gasteiger partial charge in [0.25, 0.3) is 5.91 Å². The van der Waals surface area contributed by atoms with Crippen molar-refractivity contribution in [3.8, 4) is 5.75 Å². The van der Waals surface area contributed by atoms with Crippen LogP contribution >= 0.6 is 24.0 Å². The second kappa shape index (κ2) is 7.50. The van der Waals surface area contributed by atoms with Crippen molar-refractivity contribution >= 4 is 46.3 Å². The van der Waals surface area contributed by atoms with Crippen molar-refractivity contribution in [1.82, 2.24) is 5.32 Å². The summed E-state index contributed by atoms with van der Waals surface area (Å²) >= 11 is 6.19. The molecule has 0 unspecified atom stereocenters. The van der Waals surface area contributed by atoms with Crippen LogP contribution in [-0.4, -0.2) is 21.3 Å². The van der Waals surface area contributed by atoms with Crippen molar-refractivity contribution in [3.05, 3.63) is 70.1 Å². The van der Waals surface area contributed by atoms with Crippen LogP contribution in [0.1, 0.15) is 21.5 Å². The maximum Gasteiger partial charge on any atom is 0.339 e. The minimum absolute atomic E-state index is 0.119. The molecule has 5 nitrogen and oxygen atoms in total. The number of carboxylic acid groups (broad SMARTS) is 1. The van der Waals surface area contributed by atoms with Crippen LogP contribution in [0.5, 0.6) is 5.75 Å². The highest BCUT2D eigenvalue weighted by atomic mass is 32.2. The van der Waals surface area contributed by atoms with Crippen molar-refractivity contribution in [2.45, 2.75) is 6.61 Å². The minimum atomic E-state index is -1.03. The fourth-order valence-electron chi connectivity index (χ4n) is 2.28. The summed E-state index contributed by atoms with van der Waals surface area (Å²) in [5, 5.41) is 11.7. The number of nitrogens with one attached hydrogen (secondary N) is 1. The van der Waals surface area contributed by atoms with E-state index in [4.69, 9.17) is 17.0 Å². The van der Waals surface area contributed by atoms with Gasteiger partial charge in [0.2, 0.25) is 0 Å². The Labute approximate surface area is 153 Å². The summed E-state index contributed by atoms with van der Waals surface area (Å²) in [6.07, 6.45) is 1.76. The number of aromatic carboxylic acids is 1. The summed E-state index contributed by atoms with van der Waals surface area (Å²) in [5.74, 6) is -0.920. The molecule has 1 amide bonds. The number of benzene rings is 2. The molecule has 2 aromatic carbocycles. The second-order valence-corrected chi connectivity index (χ2v) is 6.91. The van der Waals surface area contributed by atoms with Crippen LogP contribution in [0.3, 0.4) is 0 Å². The van der Waals surface area contributed by atoms with Gasteiger partial charge in [-0.05, 0) is 35.4 Å². The lowest BCUT2D eigenvalue weighted by Gasteiger charge is -2.09. The highest BCUT2D eigenvalue weighted by Gasteiger charge is 2.21. The Morgan fingerprint density at radius 3 is 2.76 bits per heavy atom. The average molecular weight is 371 g/mol. The summed E-state index contributed by atoms with van der Waals surface area (Å²) in [7, 11) is 0. The summed E-state index contributed by atoms with van der Waals surface area (Å²) in [6.45, 7) is 0.221. The van der Waals surface area contributed by atoms with Gasteiger partial charge < -0.3 is 15.2 Å². The molecule has 0 radical (unpaired) electrons. The molecule has 0 atom stereocenters. The van der Waals surface area contributed by atoms with Gasteiger partial charge in [0.05, 0.1) is 4.91 Å². The molecule has 1 aliphatic heterocycles. The van der Waals surface area contributed by atoms with E-state index in [9.17, 15) is 14.7 Å². The molecule has 2 aromatic rings. The van der Waals surface area contributed by atoms with Crippen molar-refractivity contribution in [3.63, 3.8) is 0 Å². The Hall–Kier alpha value is -2.64. The van der Waals surface area contributed by atoms with Crippen LogP contribution in [0.15, 0.2) is 53.4 Å². The number of hydrogen-bond acceptors (Lipinski definition) is 5. The first-order valence-electron chi connectivity index (χ1n) is 7.32. The second-order valence-electron chi connectivity index (χ2n) is 5.19. The molecule has 0 aliphatic carbocycles. The van der Waals surface area contributed by atoms with Crippen LogP contribution in [0, 0.1) is 0 Å². The maximum absolute atomic E-state index is 11.7. The van der Waals surface area contributed by atoms with E-state index in [-0.39, 0.29) is 18.1 Å². The van der Waals surface area contributed by atoms with Crippen molar-refractivity contribution in [2.75, 3.05) is 0 Å². The van der Waals surface area contributed by atoms with Crippen LogP contribution < -0.4 is 10.1 Å². The van der Waals surface area contributed by atoms with E-state index in [0.717, 1.165) is 11.1 Å². The van der Waals surface area contributed by atoms with E-state index < -0.39 is 5.97 Å². The molecule has 1 heterocycles. The molecule has 3 rings (SSSR count). The van der Waals surface area contributed by atoms with Crippen molar-refractivity contribution in [1.29, 1.82) is 0 Å². The quantitative estimate of drug-likeness (QED) is 0.619. The first-order valence-corrected chi connectivity index (χ1v) is 8.54. The van der Waals surface area contributed by atoms with Gasteiger partial charge in [0.15, 0.2) is 0 Å². The van der Waals surface area contributed by atoms with E-state index in [2.05, 4.69) is 5.32 Å². The van der Waals surface area contributed by atoms with Gasteiger partial charge in [-0.2, -0.15) is 0 Å². The number of carbonyl (C=O) groups is 2. The Balaban J connectivity index is 1.75. The molecular weight excluding hydrogens is 358 g/mol. The molecule has 2 N–H and O–H groups in total. The summed E-state index contributed by atoms with van der Waals surface area (Å²) in [6, 6.07) is 14.0. The van der Waals surface area contributed by atoms with E-state index >= 15 is 0 Å². The van der Waals surface area contributed by atoms with E-state index in [1.54, 1.807) is 24.3 Å².